The normalized spacial score (nSPS) is 9.18. The molecule has 0 bridgehead atoms. The second-order valence-corrected chi connectivity index (χ2v) is 1.33. The smallest absolute Gasteiger partial charge is 0.543 e. The van der Waals surface area contributed by atoms with Gasteiger partial charge >= 0.3 is 32.7 Å². The van der Waals surface area contributed by atoms with Gasteiger partial charge in [-0.25, -0.2) is 0 Å². The summed E-state index contributed by atoms with van der Waals surface area (Å²) < 4.78 is 4.91. The summed E-state index contributed by atoms with van der Waals surface area (Å²) >= 11 is 0. The van der Waals surface area contributed by atoms with Gasteiger partial charge in [0.1, 0.15) is 0 Å². The van der Waals surface area contributed by atoms with Crippen LogP contribution in [-0.2, 0) is 70.2 Å². The molecule has 0 aliphatic carbocycles. The predicted octanol–water partition coefficient (Wildman–Crippen LogP) is 2.51. The SMILES string of the molecule is C[C-]=COC(C)=[C-]C.[CH3-].[Y+3].[Y]. The Bertz CT molecular complexity index is 109. The second kappa shape index (κ2) is 17.5. The maximum atomic E-state index is 4.91. The van der Waals surface area contributed by atoms with Gasteiger partial charge in [-0.3, -0.25) is 0 Å². The summed E-state index contributed by atoms with van der Waals surface area (Å²) in [7, 11) is 0. The molecule has 0 rings (SSSR count). The first-order chi connectivity index (χ1) is 3.81. The van der Waals surface area contributed by atoms with Gasteiger partial charge in [-0.2, -0.15) is 13.8 Å². The van der Waals surface area contributed by atoms with Crippen molar-refractivity contribution in [1.82, 2.24) is 0 Å². The first-order valence-corrected chi connectivity index (χ1v) is 2.48. The molecule has 3 heteroatoms. The average Bonchev–Trinajstić information content (AvgIpc) is 1.83. The van der Waals surface area contributed by atoms with E-state index in [1.807, 2.05) is 6.92 Å². The van der Waals surface area contributed by atoms with Crippen molar-refractivity contribution < 1.29 is 70.2 Å². The summed E-state index contributed by atoms with van der Waals surface area (Å²) in [6.45, 7) is 5.43. The molecule has 0 aromatic carbocycles. The molecular formula is C8H13OY2. The molecule has 0 unspecified atom stereocenters. The van der Waals surface area contributed by atoms with Gasteiger partial charge in [0.2, 0.25) is 0 Å². The summed E-state index contributed by atoms with van der Waals surface area (Å²) in [5.41, 5.74) is 0. The van der Waals surface area contributed by atoms with Crippen LogP contribution in [0.1, 0.15) is 20.8 Å². The van der Waals surface area contributed by atoms with E-state index in [2.05, 4.69) is 12.2 Å². The van der Waals surface area contributed by atoms with E-state index in [9.17, 15) is 0 Å². The van der Waals surface area contributed by atoms with E-state index in [0.717, 1.165) is 5.76 Å². The van der Waals surface area contributed by atoms with Crippen molar-refractivity contribution in [3.8, 4) is 0 Å². The zero-order valence-corrected chi connectivity index (χ0v) is 13.3. The van der Waals surface area contributed by atoms with Gasteiger partial charge in [-0.05, 0) is 6.92 Å². The van der Waals surface area contributed by atoms with Gasteiger partial charge in [0.15, 0.2) is 0 Å². The number of hydrogen-bond donors (Lipinski definition) is 0. The van der Waals surface area contributed by atoms with E-state index < -0.39 is 0 Å². The van der Waals surface area contributed by atoms with E-state index in [-0.39, 0.29) is 72.8 Å². The van der Waals surface area contributed by atoms with Crippen LogP contribution in [0, 0.1) is 19.6 Å². The molecule has 0 aromatic heterocycles. The second-order valence-electron chi connectivity index (χ2n) is 1.33. The number of hydrogen-bond acceptors (Lipinski definition) is 1. The largest absolute Gasteiger partial charge is 3.00 e. The number of allylic oxidation sites excluding steroid dienone is 3. The van der Waals surface area contributed by atoms with Gasteiger partial charge in [0.05, 0.1) is 0 Å². The maximum absolute atomic E-state index is 4.91. The Kier molecular flexibility index (Phi) is 36.5. The summed E-state index contributed by atoms with van der Waals surface area (Å²) in [5.74, 6) is 0.777. The molecule has 0 heterocycles. The zero-order valence-electron chi connectivity index (χ0n) is 7.64. The molecule has 0 amide bonds. The first-order valence-electron chi connectivity index (χ1n) is 2.48. The Labute approximate surface area is 121 Å². The van der Waals surface area contributed by atoms with Crippen LogP contribution >= 0.6 is 0 Å². The third kappa shape index (κ3) is 18.4. The summed E-state index contributed by atoms with van der Waals surface area (Å²) in [6.07, 6.45) is 7.05. The van der Waals surface area contributed by atoms with Crippen molar-refractivity contribution in [3.63, 3.8) is 0 Å². The standard InChI is InChI=1S/C7H10O.CH3.2Y/c1-4-6-8-7(3)5-2;;;/h6H,1-3H3;1H3;;/q-2;-1;;+3. The van der Waals surface area contributed by atoms with E-state index >= 15 is 0 Å². The molecular weight excluding hydrogens is 290 g/mol. The van der Waals surface area contributed by atoms with Gasteiger partial charge < -0.3 is 24.3 Å². The maximum Gasteiger partial charge on any atom is 3.00 e. The fourth-order valence-corrected chi connectivity index (χ4v) is 0.206. The van der Waals surface area contributed by atoms with Crippen molar-refractivity contribution >= 4 is 0 Å². The molecule has 57 valence electrons. The van der Waals surface area contributed by atoms with E-state index in [4.69, 9.17) is 4.74 Å². The molecule has 0 spiro atoms. The first kappa shape index (κ1) is 22.9. The summed E-state index contributed by atoms with van der Waals surface area (Å²) in [6, 6.07) is 0. The van der Waals surface area contributed by atoms with E-state index in [1.54, 1.807) is 13.8 Å². The Morgan fingerprint density at radius 3 is 2.09 bits per heavy atom. The van der Waals surface area contributed by atoms with Crippen molar-refractivity contribution in [2.45, 2.75) is 20.8 Å². The Hall–Kier alpha value is 1.49. The van der Waals surface area contributed by atoms with Gasteiger partial charge in [-0.15, -0.1) is 0 Å². The minimum absolute atomic E-state index is 0. The Balaban J connectivity index is -0.0000000817. The molecule has 0 N–H and O–H groups in total. The van der Waals surface area contributed by atoms with Gasteiger partial charge in [-0.1, -0.05) is 12.0 Å². The molecule has 0 aliphatic rings. The molecule has 0 saturated heterocycles. The van der Waals surface area contributed by atoms with Crippen LogP contribution < -0.4 is 0 Å². The monoisotopic (exact) mass is 303 g/mol. The van der Waals surface area contributed by atoms with Crippen molar-refractivity contribution in [3.05, 3.63) is 31.6 Å². The van der Waals surface area contributed by atoms with Crippen LogP contribution in [0.2, 0.25) is 0 Å². The minimum atomic E-state index is 0. The van der Waals surface area contributed by atoms with Crippen molar-refractivity contribution in [2.24, 2.45) is 0 Å². The third-order valence-corrected chi connectivity index (χ3v) is 0.706. The molecule has 1 radical (unpaired) electrons. The molecule has 0 aromatic rings. The topological polar surface area (TPSA) is 9.23 Å². The van der Waals surface area contributed by atoms with Crippen LogP contribution in [0.15, 0.2) is 12.0 Å². The van der Waals surface area contributed by atoms with E-state index in [0.29, 0.717) is 0 Å². The zero-order chi connectivity index (χ0) is 6.41. The van der Waals surface area contributed by atoms with Crippen molar-refractivity contribution in [1.29, 1.82) is 0 Å². The molecule has 0 atom stereocenters. The Morgan fingerprint density at radius 2 is 1.82 bits per heavy atom. The predicted molar refractivity (Wildman–Crippen MR) is 39.1 cm³/mol. The quantitative estimate of drug-likeness (QED) is 0.562. The van der Waals surface area contributed by atoms with Crippen LogP contribution in [0.3, 0.4) is 0 Å². The molecule has 0 aliphatic heterocycles. The molecule has 0 saturated carbocycles. The fraction of sp³-hybridized carbons (Fsp3) is 0.375. The fourth-order valence-electron chi connectivity index (χ4n) is 0.206. The Morgan fingerprint density at radius 1 is 1.36 bits per heavy atom. The number of ether oxygens (including phenoxy) is 1. The van der Waals surface area contributed by atoms with Crippen LogP contribution in [0.25, 0.3) is 0 Å². The van der Waals surface area contributed by atoms with Crippen LogP contribution in [0.4, 0.5) is 0 Å². The van der Waals surface area contributed by atoms with Crippen LogP contribution in [-0.4, -0.2) is 0 Å². The summed E-state index contributed by atoms with van der Waals surface area (Å²) in [5, 5.41) is 0. The van der Waals surface area contributed by atoms with Gasteiger partial charge in [0.25, 0.3) is 0 Å². The van der Waals surface area contributed by atoms with Crippen molar-refractivity contribution in [2.75, 3.05) is 0 Å². The van der Waals surface area contributed by atoms with Crippen LogP contribution in [0.5, 0.6) is 0 Å². The molecule has 0 fully saturated rings. The molecule has 11 heavy (non-hydrogen) atoms. The average molecular weight is 303 g/mol. The number of rotatable bonds is 2. The third-order valence-electron chi connectivity index (χ3n) is 0.706. The van der Waals surface area contributed by atoms with Gasteiger partial charge in [0, 0.05) is 32.7 Å². The van der Waals surface area contributed by atoms with E-state index in [1.165, 1.54) is 6.26 Å². The minimum Gasteiger partial charge on any atom is -0.543 e. The summed E-state index contributed by atoms with van der Waals surface area (Å²) in [4.78, 5) is 0. The molecule has 1 nitrogen and oxygen atoms in total.